The minimum Gasteiger partial charge on any atom is -0.378 e. The van der Waals surface area contributed by atoms with Gasteiger partial charge in [-0.2, -0.15) is 0 Å². The standard InChI is InChI=1S/C13H16N2O2S/c1-13(2)16-6-10(7-17-13)15-9-3-4-11-12(5-9)18-8-14-11/h3-5,8,10,15H,6-7H2,1-2H3. The molecule has 96 valence electrons. The molecule has 1 aliphatic heterocycles. The van der Waals surface area contributed by atoms with Crippen LogP contribution in [0.5, 0.6) is 0 Å². The average Bonchev–Trinajstić information content (AvgIpc) is 2.79. The summed E-state index contributed by atoms with van der Waals surface area (Å²) in [5.41, 5.74) is 4.00. The van der Waals surface area contributed by atoms with Crippen molar-refractivity contribution in [3.63, 3.8) is 0 Å². The highest BCUT2D eigenvalue weighted by Gasteiger charge is 2.28. The van der Waals surface area contributed by atoms with Crippen LogP contribution in [0.2, 0.25) is 0 Å². The Morgan fingerprint density at radius 2 is 2.11 bits per heavy atom. The van der Waals surface area contributed by atoms with E-state index in [2.05, 4.69) is 16.4 Å². The molecular weight excluding hydrogens is 248 g/mol. The van der Waals surface area contributed by atoms with E-state index >= 15 is 0 Å². The highest BCUT2D eigenvalue weighted by atomic mass is 32.1. The van der Waals surface area contributed by atoms with Gasteiger partial charge in [-0.05, 0) is 32.0 Å². The molecule has 0 unspecified atom stereocenters. The van der Waals surface area contributed by atoms with E-state index < -0.39 is 5.79 Å². The summed E-state index contributed by atoms with van der Waals surface area (Å²) in [7, 11) is 0. The molecule has 1 aromatic heterocycles. The van der Waals surface area contributed by atoms with Crippen molar-refractivity contribution in [1.82, 2.24) is 4.98 Å². The van der Waals surface area contributed by atoms with E-state index in [0.29, 0.717) is 13.2 Å². The van der Waals surface area contributed by atoms with E-state index in [1.165, 1.54) is 4.70 Å². The maximum absolute atomic E-state index is 5.63. The van der Waals surface area contributed by atoms with Gasteiger partial charge in [0, 0.05) is 5.69 Å². The van der Waals surface area contributed by atoms with Crippen molar-refractivity contribution in [2.24, 2.45) is 0 Å². The third-order valence-corrected chi connectivity index (χ3v) is 3.76. The molecule has 2 heterocycles. The molecule has 2 aromatic rings. The molecule has 1 aliphatic rings. The fourth-order valence-electron chi connectivity index (χ4n) is 1.96. The van der Waals surface area contributed by atoms with Gasteiger partial charge in [-0.25, -0.2) is 4.98 Å². The molecule has 4 nitrogen and oxygen atoms in total. The van der Waals surface area contributed by atoms with Crippen LogP contribution < -0.4 is 5.32 Å². The van der Waals surface area contributed by atoms with Crippen LogP contribution in [0, 0.1) is 0 Å². The lowest BCUT2D eigenvalue weighted by molar-refractivity contribution is -0.247. The number of hydrogen-bond donors (Lipinski definition) is 1. The molecule has 0 bridgehead atoms. The van der Waals surface area contributed by atoms with Gasteiger partial charge in [0.1, 0.15) is 0 Å². The van der Waals surface area contributed by atoms with Crippen molar-refractivity contribution in [3.8, 4) is 0 Å². The van der Waals surface area contributed by atoms with Crippen LogP contribution >= 0.6 is 11.3 Å². The minimum atomic E-state index is -0.459. The summed E-state index contributed by atoms with van der Waals surface area (Å²) in [5, 5.41) is 3.43. The van der Waals surface area contributed by atoms with Crippen molar-refractivity contribution >= 4 is 27.2 Å². The number of nitrogens with one attached hydrogen (secondary N) is 1. The van der Waals surface area contributed by atoms with Gasteiger partial charge in [0.2, 0.25) is 0 Å². The molecule has 1 fully saturated rings. The first-order valence-corrected chi connectivity index (χ1v) is 6.88. The van der Waals surface area contributed by atoms with Crippen molar-refractivity contribution in [3.05, 3.63) is 23.7 Å². The molecule has 0 aliphatic carbocycles. The highest BCUT2D eigenvalue weighted by molar-refractivity contribution is 7.16. The average molecular weight is 264 g/mol. The molecule has 0 atom stereocenters. The second-order valence-corrected chi connectivity index (χ2v) is 5.78. The fourth-order valence-corrected chi connectivity index (χ4v) is 2.67. The lowest BCUT2D eigenvalue weighted by Gasteiger charge is -2.35. The van der Waals surface area contributed by atoms with Crippen LogP contribution in [0.25, 0.3) is 10.2 Å². The predicted octanol–water partition coefficient (Wildman–Crippen LogP) is 2.86. The maximum atomic E-state index is 5.63. The van der Waals surface area contributed by atoms with E-state index in [1.807, 2.05) is 31.5 Å². The number of nitrogens with zero attached hydrogens (tertiary/aromatic N) is 1. The molecule has 5 heteroatoms. The van der Waals surface area contributed by atoms with Crippen LogP contribution in [0.3, 0.4) is 0 Å². The van der Waals surface area contributed by atoms with Crippen molar-refractivity contribution < 1.29 is 9.47 Å². The van der Waals surface area contributed by atoms with Gasteiger partial charge < -0.3 is 14.8 Å². The van der Waals surface area contributed by atoms with Gasteiger partial charge in [-0.1, -0.05) is 0 Å². The van der Waals surface area contributed by atoms with Gasteiger partial charge >= 0.3 is 0 Å². The van der Waals surface area contributed by atoms with Gasteiger partial charge in [0.25, 0.3) is 0 Å². The molecule has 0 spiro atoms. The number of hydrogen-bond acceptors (Lipinski definition) is 5. The van der Waals surface area contributed by atoms with Crippen LogP contribution in [0.1, 0.15) is 13.8 Å². The predicted molar refractivity (Wildman–Crippen MR) is 73.0 cm³/mol. The molecular formula is C13H16N2O2S. The Morgan fingerprint density at radius 3 is 2.89 bits per heavy atom. The zero-order valence-electron chi connectivity index (χ0n) is 10.5. The van der Waals surface area contributed by atoms with Gasteiger partial charge in [-0.15, -0.1) is 11.3 Å². The Morgan fingerprint density at radius 1 is 1.33 bits per heavy atom. The number of ether oxygens (including phenoxy) is 2. The normalized spacial score (nSPS) is 20.1. The molecule has 1 N–H and O–H groups in total. The number of benzene rings is 1. The summed E-state index contributed by atoms with van der Waals surface area (Å²) < 4.78 is 12.4. The zero-order valence-corrected chi connectivity index (χ0v) is 11.3. The Kier molecular flexibility index (Phi) is 2.97. The number of rotatable bonds is 2. The van der Waals surface area contributed by atoms with E-state index in [0.717, 1.165) is 11.2 Å². The van der Waals surface area contributed by atoms with Gasteiger partial charge in [-0.3, -0.25) is 0 Å². The smallest absolute Gasteiger partial charge is 0.162 e. The zero-order chi connectivity index (χ0) is 12.6. The lowest BCUT2D eigenvalue weighted by atomic mass is 10.2. The first kappa shape index (κ1) is 11.9. The van der Waals surface area contributed by atoms with Crippen LogP contribution in [0.4, 0.5) is 5.69 Å². The summed E-state index contributed by atoms with van der Waals surface area (Å²) >= 11 is 1.65. The molecule has 18 heavy (non-hydrogen) atoms. The molecule has 0 amide bonds. The Hall–Kier alpha value is -1.17. The van der Waals surface area contributed by atoms with Crippen molar-refractivity contribution in [2.75, 3.05) is 18.5 Å². The second-order valence-electron chi connectivity index (χ2n) is 4.90. The molecule has 3 rings (SSSR count). The largest absolute Gasteiger partial charge is 0.378 e. The summed E-state index contributed by atoms with van der Waals surface area (Å²) in [6.07, 6.45) is 0. The minimum absolute atomic E-state index is 0.198. The second kappa shape index (κ2) is 4.50. The summed E-state index contributed by atoms with van der Waals surface area (Å²) in [6, 6.07) is 6.39. The van der Waals surface area contributed by atoms with Crippen LogP contribution in [0.15, 0.2) is 23.7 Å². The third-order valence-electron chi connectivity index (χ3n) is 2.97. The van der Waals surface area contributed by atoms with Crippen LogP contribution in [-0.4, -0.2) is 30.0 Å². The van der Waals surface area contributed by atoms with E-state index in [4.69, 9.17) is 9.47 Å². The number of aromatic nitrogens is 1. The third kappa shape index (κ3) is 2.48. The van der Waals surface area contributed by atoms with E-state index in [-0.39, 0.29) is 6.04 Å². The quantitative estimate of drug-likeness (QED) is 0.905. The molecule has 0 radical (unpaired) electrons. The SMILES string of the molecule is CC1(C)OCC(Nc2ccc3ncsc3c2)CO1. The summed E-state index contributed by atoms with van der Waals surface area (Å²) in [6.45, 7) is 5.20. The Labute approximate surface area is 110 Å². The first-order valence-electron chi connectivity index (χ1n) is 6.00. The van der Waals surface area contributed by atoms with E-state index in [1.54, 1.807) is 11.3 Å². The molecule has 1 aromatic carbocycles. The monoisotopic (exact) mass is 264 g/mol. The van der Waals surface area contributed by atoms with Crippen LogP contribution in [-0.2, 0) is 9.47 Å². The number of fused-ring (bicyclic) bond motifs is 1. The first-order chi connectivity index (χ1) is 8.62. The Balaban J connectivity index is 1.69. The van der Waals surface area contributed by atoms with Gasteiger partial charge in [0.15, 0.2) is 5.79 Å². The maximum Gasteiger partial charge on any atom is 0.162 e. The highest BCUT2D eigenvalue weighted by Crippen LogP contribution is 2.24. The molecule has 0 saturated carbocycles. The summed E-state index contributed by atoms with van der Waals surface area (Å²) in [4.78, 5) is 4.27. The van der Waals surface area contributed by atoms with Crippen molar-refractivity contribution in [2.45, 2.75) is 25.7 Å². The number of anilines is 1. The molecule has 1 saturated heterocycles. The topological polar surface area (TPSA) is 43.4 Å². The number of thiazole rings is 1. The van der Waals surface area contributed by atoms with Crippen molar-refractivity contribution in [1.29, 1.82) is 0 Å². The van der Waals surface area contributed by atoms with E-state index in [9.17, 15) is 0 Å². The lowest BCUT2D eigenvalue weighted by Crippen LogP contribution is -2.45. The Bertz CT molecular complexity index is 543. The van der Waals surface area contributed by atoms with Gasteiger partial charge in [0.05, 0.1) is 35.0 Å². The summed E-state index contributed by atoms with van der Waals surface area (Å²) in [5.74, 6) is -0.459. The fraction of sp³-hybridized carbons (Fsp3) is 0.462.